The fourth-order valence-electron chi connectivity index (χ4n) is 5.53. The zero-order chi connectivity index (χ0) is 30.2. The van der Waals surface area contributed by atoms with Crippen molar-refractivity contribution in [2.24, 2.45) is 5.73 Å². The third kappa shape index (κ3) is 5.96. The SMILES string of the molecule is NC(=O)C(CCN(Cc1ccc2c(c1)B(O)OC2)C(=O)c1ccc2c(c1)B(O)OC2)NC(=O)c1ccc2c(c1)B(O)OC2. The van der Waals surface area contributed by atoms with Crippen molar-refractivity contribution in [2.75, 3.05) is 6.54 Å². The molecule has 0 spiro atoms. The maximum Gasteiger partial charge on any atom is 0.491 e. The summed E-state index contributed by atoms with van der Waals surface area (Å²) in [7, 11) is -3.32. The molecule has 3 amide bonds. The van der Waals surface area contributed by atoms with Crippen LogP contribution in [0.25, 0.3) is 0 Å². The van der Waals surface area contributed by atoms with Crippen LogP contribution in [-0.4, -0.2) is 71.6 Å². The van der Waals surface area contributed by atoms with Crippen LogP contribution in [0.2, 0.25) is 0 Å². The predicted octanol–water partition coefficient (Wildman–Crippen LogP) is -2.34. The van der Waals surface area contributed by atoms with Gasteiger partial charge in [-0.3, -0.25) is 14.4 Å². The van der Waals surface area contributed by atoms with Crippen molar-refractivity contribution in [3.63, 3.8) is 0 Å². The van der Waals surface area contributed by atoms with E-state index in [9.17, 15) is 29.5 Å². The highest BCUT2D eigenvalue weighted by Gasteiger charge is 2.32. The fourth-order valence-corrected chi connectivity index (χ4v) is 5.53. The van der Waals surface area contributed by atoms with E-state index in [0.717, 1.165) is 22.3 Å². The van der Waals surface area contributed by atoms with Crippen LogP contribution in [-0.2, 0) is 45.1 Å². The van der Waals surface area contributed by atoms with E-state index in [1.807, 2.05) is 12.1 Å². The number of hydrogen-bond donors (Lipinski definition) is 5. The lowest BCUT2D eigenvalue weighted by Crippen LogP contribution is -2.47. The van der Waals surface area contributed by atoms with Gasteiger partial charge in [0, 0.05) is 24.2 Å². The average Bonchev–Trinajstić information content (AvgIpc) is 3.69. The van der Waals surface area contributed by atoms with E-state index in [1.165, 1.54) is 11.0 Å². The van der Waals surface area contributed by atoms with Gasteiger partial charge in [-0.2, -0.15) is 0 Å². The second-order valence-electron chi connectivity index (χ2n) is 10.8. The molecular weight excluding hydrogens is 555 g/mol. The lowest BCUT2D eigenvalue weighted by atomic mass is 9.78. The van der Waals surface area contributed by atoms with Gasteiger partial charge in [-0.05, 0) is 69.3 Å². The van der Waals surface area contributed by atoms with Crippen LogP contribution < -0.4 is 27.4 Å². The van der Waals surface area contributed by atoms with E-state index in [4.69, 9.17) is 19.7 Å². The van der Waals surface area contributed by atoms with Crippen molar-refractivity contribution in [2.45, 2.75) is 38.8 Å². The number of nitrogens with two attached hydrogens (primary N) is 1. The number of hydrogen-bond acceptors (Lipinski definition) is 9. The topological polar surface area (TPSA) is 181 Å². The molecule has 0 saturated carbocycles. The molecule has 0 bridgehead atoms. The Balaban J connectivity index is 1.22. The van der Waals surface area contributed by atoms with Crippen molar-refractivity contribution in [3.8, 4) is 0 Å². The Morgan fingerprint density at radius 2 is 1.30 bits per heavy atom. The fraction of sp³-hybridized carbons (Fsp3) is 0.250. The number of benzene rings is 3. The van der Waals surface area contributed by atoms with Crippen LogP contribution in [0, 0.1) is 0 Å². The van der Waals surface area contributed by atoms with Crippen molar-refractivity contribution in [1.82, 2.24) is 10.2 Å². The van der Waals surface area contributed by atoms with Gasteiger partial charge in [0.1, 0.15) is 6.04 Å². The first-order valence-corrected chi connectivity index (χ1v) is 13.8. The molecule has 43 heavy (non-hydrogen) atoms. The van der Waals surface area contributed by atoms with Crippen molar-refractivity contribution in [1.29, 1.82) is 0 Å². The Labute approximate surface area is 248 Å². The van der Waals surface area contributed by atoms with E-state index >= 15 is 0 Å². The van der Waals surface area contributed by atoms with Crippen LogP contribution >= 0.6 is 0 Å². The minimum Gasteiger partial charge on any atom is -0.423 e. The molecule has 3 aliphatic heterocycles. The van der Waals surface area contributed by atoms with E-state index in [2.05, 4.69) is 5.32 Å². The molecule has 1 atom stereocenters. The van der Waals surface area contributed by atoms with Gasteiger partial charge < -0.3 is 45.0 Å². The number of carbonyl (C=O) groups excluding carboxylic acids is 3. The summed E-state index contributed by atoms with van der Waals surface area (Å²) < 4.78 is 15.7. The molecule has 0 radical (unpaired) electrons. The molecule has 1 unspecified atom stereocenters. The first-order valence-electron chi connectivity index (χ1n) is 13.8. The molecule has 218 valence electrons. The molecule has 15 heteroatoms. The zero-order valence-corrected chi connectivity index (χ0v) is 23.1. The van der Waals surface area contributed by atoms with E-state index < -0.39 is 39.2 Å². The van der Waals surface area contributed by atoms with E-state index in [0.29, 0.717) is 22.0 Å². The second-order valence-corrected chi connectivity index (χ2v) is 10.8. The average molecular weight is 583 g/mol. The molecule has 0 saturated heterocycles. The standard InChI is InChI=1S/C28H28B3N3O9/c32-26(35)25(33-27(36)17-3-5-20-14-42-30(39)23(20)10-17)7-8-34(12-16-1-2-19-13-41-29(38)22(19)9-16)28(37)18-4-6-21-15-43-31(40)24(21)11-18/h1-6,9-11,25,38-40H,7-8,12-15H2,(H2,32,35)(H,33,36). The van der Waals surface area contributed by atoms with Gasteiger partial charge in [-0.1, -0.05) is 30.3 Å². The number of nitrogens with zero attached hydrogens (tertiary/aromatic N) is 1. The summed E-state index contributed by atoms with van der Waals surface area (Å²) in [6, 6.07) is 14.0. The monoisotopic (exact) mass is 583 g/mol. The molecule has 3 aliphatic rings. The lowest BCUT2D eigenvalue weighted by Gasteiger charge is -2.26. The summed E-state index contributed by atoms with van der Waals surface area (Å²) in [5.74, 6) is -1.72. The summed E-state index contributed by atoms with van der Waals surface area (Å²) in [5, 5.41) is 33.0. The molecule has 0 fully saturated rings. The number of primary amides is 1. The normalized spacial score (nSPS) is 15.7. The molecule has 0 aliphatic carbocycles. The lowest BCUT2D eigenvalue weighted by molar-refractivity contribution is -0.120. The predicted molar refractivity (Wildman–Crippen MR) is 156 cm³/mol. The summed E-state index contributed by atoms with van der Waals surface area (Å²) in [6.45, 7) is 0.922. The first-order chi connectivity index (χ1) is 20.7. The van der Waals surface area contributed by atoms with Gasteiger partial charge in [0.05, 0.1) is 19.8 Å². The van der Waals surface area contributed by atoms with Crippen LogP contribution in [0.15, 0.2) is 54.6 Å². The van der Waals surface area contributed by atoms with E-state index in [1.54, 1.807) is 36.4 Å². The minimum absolute atomic E-state index is 0.0108. The van der Waals surface area contributed by atoms with Gasteiger partial charge in [0.25, 0.3) is 11.8 Å². The van der Waals surface area contributed by atoms with Crippen molar-refractivity contribution >= 4 is 55.5 Å². The minimum atomic E-state index is -1.13. The Hall–Kier alpha value is -3.98. The van der Waals surface area contributed by atoms with Crippen LogP contribution in [0.3, 0.4) is 0 Å². The number of rotatable bonds is 9. The summed E-state index contributed by atoms with van der Waals surface area (Å²) in [4.78, 5) is 40.8. The highest BCUT2D eigenvalue weighted by Crippen LogP contribution is 2.18. The number of carbonyl (C=O) groups is 3. The maximum absolute atomic E-state index is 13.8. The van der Waals surface area contributed by atoms with Crippen LogP contribution in [0.1, 0.15) is 49.4 Å². The zero-order valence-electron chi connectivity index (χ0n) is 23.1. The van der Waals surface area contributed by atoms with Crippen LogP contribution in [0.4, 0.5) is 0 Å². The molecule has 3 aromatic carbocycles. The summed E-state index contributed by atoms with van der Waals surface area (Å²) in [6.07, 6.45) is 0.0108. The maximum atomic E-state index is 13.8. The molecule has 12 nitrogen and oxygen atoms in total. The van der Waals surface area contributed by atoms with E-state index in [-0.39, 0.29) is 50.8 Å². The Morgan fingerprint density at radius 1 is 0.791 bits per heavy atom. The molecule has 3 aromatic rings. The van der Waals surface area contributed by atoms with Gasteiger partial charge in [0.15, 0.2) is 0 Å². The molecular formula is C28H28B3N3O9. The third-order valence-electron chi connectivity index (χ3n) is 8.00. The quantitative estimate of drug-likeness (QED) is 0.173. The van der Waals surface area contributed by atoms with Gasteiger partial charge in [-0.25, -0.2) is 0 Å². The van der Waals surface area contributed by atoms with Gasteiger partial charge in [-0.15, -0.1) is 0 Å². The number of fused-ring (bicyclic) bond motifs is 3. The third-order valence-corrected chi connectivity index (χ3v) is 8.00. The van der Waals surface area contributed by atoms with Crippen molar-refractivity contribution < 1.29 is 43.4 Å². The first kappa shape index (κ1) is 29.1. The van der Waals surface area contributed by atoms with Crippen molar-refractivity contribution in [3.05, 3.63) is 88.0 Å². The summed E-state index contributed by atoms with van der Waals surface area (Å²) in [5.41, 5.74) is 10.9. The highest BCUT2D eigenvalue weighted by atomic mass is 16.5. The van der Waals surface area contributed by atoms with Gasteiger partial charge >= 0.3 is 21.4 Å². The summed E-state index contributed by atoms with van der Waals surface area (Å²) >= 11 is 0. The van der Waals surface area contributed by atoms with Crippen LogP contribution in [0.5, 0.6) is 0 Å². The highest BCUT2D eigenvalue weighted by molar-refractivity contribution is 6.62. The largest absolute Gasteiger partial charge is 0.491 e. The molecule has 3 heterocycles. The second kappa shape index (κ2) is 12.0. The Morgan fingerprint density at radius 3 is 1.88 bits per heavy atom. The number of amides is 3. The molecule has 6 rings (SSSR count). The van der Waals surface area contributed by atoms with Gasteiger partial charge in [0.2, 0.25) is 5.91 Å². The molecule has 6 N–H and O–H groups in total. The Kier molecular flexibility index (Phi) is 8.10. The molecule has 0 aromatic heterocycles. The Bertz CT molecular complexity index is 1610. The smallest absolute Gasteiger partial charge is 0.423 e. The number of nitrogens with one attached hydrogen (secondary N) is 1.